The molecule has 0 saturated heterocycles. The number of rotatable bonds is 2. The number of aliphatic hydroxyl groups is 1. The first-order valence-electron chi connectivity index (χ1n) is 6.10. The van der Waals surface area contributed by atoms with Crippen LogP contribution in [0.2, 0.25) is 0 Å². The lowest BCUT2D eigenvalue weighted by atomic mass is 9.75. The standard InChI is InChI=1S/C14H13F6NO/c1-7-9(12(2,3)11(22)14(18,19)20)5-4-8(6-21)10(7)13(15,16)17/h4-5,11,22H,1-3H3. The molecule has 8 heteroatoms. The Kier molecular flexibility index (Phi) is 4.55. The van der Waals surface area contributed by atoms with Crippen molar-refractivity contribution in [2.75, 3.05) is 0 Å². The number of hydrogen-bond donors (Lipinski definition) is 1. The van der Waals surface area contributed by atoms with E-state index in [1.807, 2.05) is 0 Å². The molecule has 122 valence electrons. The van der Waals surface area contributed by atoms with Gasteiger partial charge in [-0.3, -0.25) is 0 Å². The van der Waals surface area contributed by atoms with Crippen molar-refractivity contribution < 1.29 is 31.4 Å². The van der Waals surface area contributed by atoms with Crippen LogP contribution in [0.5, 0.6) is 0 Å². The van der Waals surface area contributed by atoms with E-state index < -0.39 is 40.6 Å². The fourth-order valence-corrected chi connectivity index (χ4v) is 2.42. The van der Waals surface area contributed by atoms with Crippen molar-refractivity contribution >= 4 is 0 Å². The van der Waals surface area contributed by atoms with Crippen LogP contribution in [0.15, 0.2) is 12.1 Å². The quantitative estimate of drug-likeness (QED) is 0.833. The van der Waals surface area contributed by atoms with Gasteiger partial charge in [0.25, 0.3) is 0 Å². The molecule has 0 aliphatic heterocycles. The number of benzene rings is 1. The molecule has 0 saturated carbocycles. The summed E-state index contributed by atoms with van der Waals surface area (Å²) in [5.74, 6) is 0. The molecule has 22 heavy (non-hydrogen) atoms. The molecule has 0 aromatic heterocycles. The van der Waals surface area contributed by atoms with E-state index in [4.69, 9.17) is 5.26 Å². The molecule has 1 rings (SSSR count). The molecular weight excluding hydrogens is 312 g/mol. The highest BCUT2D eigenvalue weighted by Gasteiger charge is 2.50. The highest BCUT2D eigenvalue weighted by molar-refractivity contribution is 5.50. The summed E-state index contributed by atoms with van der Waals surface area (Å²) in [5, 5.41) is 18.2. The number of hydrogen-bond acceptors (Lipinski definition) is 2. The molecule has 0 fully saturated rings. The topological polar surface area (TPSA) is 44.0 Å². The summed E-state index contributed by atoms with van der Waals surface area (Å²) < 4.78 is 77.3. The summed E-state index contributed by atoms with van der Waals surface area (Å²) in [5.41, 5.74) is -4.78. The van der Waals surface area contributed by atoms with Crippen molar-refractivity contribution in [3.8, 4) is 6.07 Å². The summed E-state index contributed by atoms with van der Waals surface area (Å²) >= 11 is 0. The number of nitriles is 1. The van der Waals surface area contributed by atoms with E-state index in [-0.39, 0.29) is 5.56 Å². The van der Waals surface area contributed by atoms with Crippen LogP contribution in [0.3, 0.4) is 0 Å². The van der Waals surface area contributed by atoms with Gasteiger partial charge in [0.15, 0.2) is 6.10 Å². The van der Waals surface area contributed by atoms with E-state index in [1.165, 1.54) is 6.07 Å². The fourth-order valence-electron chi connectivity index (χ4n) is 2.42. The Balaban J connectivity index is 3.62. The van der Waals surface area contributed by atoms with Gasteiger partial charge in [-0.1, -0.05) is 19.9 Å². The maximum atomic E-state index is 13.1. The Morgan fingerprint density at radius 2 is 1.59 bits per heavy atom. The Bertz CT molecular complexity index is 609. The summed E-state index contributed by atoms with van der Waals surface area (Å²) in [6.45, 7) is 2.99. The fraction of sp³-hybridized carbons (Fsp3) is 0.500. The number of aliphatic hydroxyl groups excluding tert-OH is 1. The summed E-state index contributed by atoms with van der Waals surface area (Å²) in [4.78, 5) is 0. The average molecular weight is 325 g/mol. The third kappa shape index (κ3) is 3.19. The minimum absolute atomic E-state index is 0.316. The van der Waals surface area contributed by atoms with Gasteiger partial charge in [-0.2, -0.15) is 31.6 Å². The number of nitrogens with zero attached hydrogens (tertiary/aromatic N) is 1. The van der Waals surface area contributed by atoms with Crippen molar-refractivity contribution in [2.45, 2.75) is 44.6 Å². The highest BCUT2D eigenvalue weighted by atomic mass is 19.4. The molecular formula is C14H13F6NO. The van der Waals surface area contributed by atoms with E-state index in [0.29, 0.717) is 0 Å². The van der Waals surface area contributed by atoms with E-state index in [2.05, 4.69) is 0 Å². The average Bonchev–Trinajstić information content (AvgIpc) is 2.34. The second kappa shape index (κ2) is 5.47. The first-order chi connectivity index (χ1) is 9.74. The van der Waals surface area contributed by atoms with Gasteiger partial charge in [-0.25, -0.2) is 0 Å². The SMILES string of the molecule is Cc1c(C(C)(C)C(O)C(F)(F)F)ccc(C#N)c1C(F)(F)F. The minimum Gasteiger partial charge on any atom is -0.383 e. The third-order valence-corrected chi connectivity index (χ3v) is 3.56. The van der Waals surface area contributed by atoms with Crippen LogP contribution in [0.4, 0.5) is 26.3 Å². The predicted molar refractivity (Wildman–Crippen MR) is 66.0 cm³/mol. The molecule has 1 N–H and O–H groups in total. The lowest BCUT2D eigenvalue weighted by Gasteiger charge is -2.34. The number of halogens is 6. The normalized spacial score (nSPS) is 14.6. The first-order valence-corrected chi connectivity index (χ1v) is 6.10. The Labute approximate surface area is 123 Å². The van der Waals surface area contributed by atoms with E-state index in [0.717, 1.165) is 32.9 Å². The van der Waals surface area contributed by atoms with Crippen molar-refractivity contribution in [3.05, 3.63) is 34.4 Å². The molecule has 0 bridgehead atoms. The largest absolute Gasteiger partial charge is 0.417 e. The van der Waals surface area contributed by atoms with Crippen LogP contribution in [0.1, 0.15) is 36.1 Å². The molecule has 0 radical (unpaired) electrons. The van der Waals surface area contributed by atoms with Gasteiger partial charge in [-0.15, -0.1) is 0 Å². The zero-order chi connectivity index (χ0) is 17.5. The van der Waals surface area contributed by atoms with Crippen molar-refractivity contribution in [1.29, 1.82) is 5.26 Å². The maximum absolute atomic E-state index is 13.1. The lowest BCUT2D eigenvalue weighted by molar-refractivity contribution is -0.221. The summed E-state index contributed by atoms with van der Waals surface area (Å²) in [6.07, 6.45) is -12.7. The first kappa shape index (κ1) is 18.3. The molecule has 0 spiro atoms. The van der Waals surface area contributed by atoms with Crippen molar-refractivity contribution in [1.82, 2.24) is 0 Å². The van der Waals surface area contributed by atoms with Crippen LogP contribution in [0, 0.1) is 18.3 Å². The molecule has 1 aromatic carbocycles. The predicted octanol–water partition coefficient (Wildman–Crippen LogP) is 4.09. The van der Waals surface area contributed by atoms with Crippen LogP contribution >= 0.6 is 0 Å². The van der Waals surface area contributed by atoms with Gasteiger partial charge >= 0.3 is 12.4 Å². The summed E-state index contributed by atoms with van der Waals surface area (Å²) in [6, 6.07) is 3.20. The molecule has 2 nitrogen and oxygen atoms in total. The zero-order valence-electron chi connectivity index (χ0n) is 11.9. The molecule has 0 aliphatic carbocycles. The lowest BCUT2D eigenvalue weighted by Crippen LogP contribution is -2.45. The minimum atomic E-state index is -4.98. The second-order valence-corrected chi connectivity index (χ2v) is 5.44. The molecule has 0 heterocycles. The van der Waals surface area contributed by atoms with Gasteiger partial charge in [0.05, 0.1) is 17.2 Å². The third-order valence-electron chi connectivity index (χ3n) is 3.56. The van der Waals surface area contributed by atoms with Gasteiger partial charge in [-0.05, 0) is 24.1 Å². The van der Waals surface area contributed by atoms with Crippen LogP contribution in [-0.2, 0) is 11.6 Å². The van der Waals surface area contributed by atoms with Gasteiger partial charge in [0.1, 0.15) is 0 Å². The summed E-state index contributed by atoms with van der Waals surface area (Å²) in [7, 11) is 0. The molecule has 0 amide bonds. The van der Waals surface area contributed by atoms with Gasteiger partial charge < -0.3 is 5.11 Å². The van der Waals surface area contributed by atoms with Crippen molar-refractivity contribution in [2.24, 2.45) is 0 Å². The second-order valence-electron chi connectivity index (χ2n) is 5.44. The molecule has 1 aromatic rings. The number of alkyl halides is 6. The Morgan fingerprint density at radius 3 is 1.95 bits per heavy atom. The Hall–Kier alpha value is -1.75. The van der Waals surface area contributed by atoms with Crippen LogP contribution in [0.25, 0.3) is 0 Å². The van der Waals surface area contributed by atoms with Gasteiger partial charge in [0.2, 0.25) is 0 Å². The molecule has 1 atom stereocenters. The van der Waals surface area contributed by atoms with E-state index in [1.54, 1.807) is 0 Å². The Morgan fingerprint density at radius 1 is 1.09 bits per heavy atom. The van der Waals surface area contributed by atoms with Crippen LogP contribution < -0.4 is 0 Å². The maximum Gasteiger partial charge on any atom is 0.417 e. The zero-order valence-corrected chi connectivity index (χ0v) is 11.9. The monoisotopic (exact) mass is 325 g/mol. The highest BCUT2D eigenvalue weighted by Crippen LogP contribution is 2.42. The van der Waals surface area contributed by atoms with E-state index in [9.17, 15) is 31.4 Å². The molecule has 0 aliphatic rings. The molecule has 1 unspecified atom stereocenters. The van der Waals surface area contributed by atoms with Gasteiger partial charge in [0, 0.05) is 5.41 Å². The van der Waals surface area contributed by atoms with E-state index >= 15 is 0 Å². The van der Waals surface area contributed by atoms with Crippen LogP contribution in [-0.4, -0.2) is 17.4 Å². The smallest absolute Gasteiger partial charge is 0.383 e. The van der Waals surface area contributed by atoms with Crippen molar-refractivity contribution in [3.63, 3.8) is 0 Å².